The van der Waals surface area contributed by atoms with Gasteiger partial charge in [0.1, 0.15) is 0 Å². The zero-order chi connectivity index (χ0) is 8.85. The Labute approximate surface area is 74.9 Å². The molecule has 3 nitrogen and oxygen atoms in total. The van der Waals surface area contributed by atoms with Crippen molar-refractivity contribution in [2.75, 3.05) is 14.2 Å². The normalized spacial score (nSPS) is 9.18. The predicted molar refractivity (Wildman–Crippen MR) is 42.6 cm³/mol. The highest BCUT2D eigenvalue weighted by Gasteiger charge is 2.10. The maximum Gasteiger partial charge on any atom is 0.282 e. The zero-order valence-corrected chi connectivity index (χ0v) is 7.65. The van der Waals surface area contributed by atoms with Gasteiger partial charge in [-0.15, -0.1) is 0 Å². The maximum atomic E-state index is 10.8. The highest BCUT2D eigenvalue weighted by molar-refractivity contribution is 6.54. The van der Waals surface area contributed by atoms with Gasteiger partial charge in [0.2, 0.25) is 0 Å². The van der Waals surface area contributed by atoms with Crippen LogP contribution in [0.1, 0.15) is 0 Å². The Morgan fingerprint density at radius 2 is 1.82 bits per heavy atom. The topological polar surface area (TPSA) is 35.5 Å². The molecule has 0 aromatic rings. The van der Waals surface area contributed by atoms with E-state index in [2.05, 4.69) is 9.47 Å². The molecule has 0 fully saturated rings. The number of hydrogen-bond donors (Lipinski definition) is 0. The van der Waals surface area contributed by atoms with Crippen molar-refractivity contribution in [3.8, 4) is 0 Å². The minimum atomic E-state index is -1.07. The maximum absolute atomic E-state index is 10.8. The molecule has 0 radical (unpaired) electrons. The molecule has 5 heteroatoms. The molecule has 0 saturated heterocycles. The van der Waals surface area contributed by atoms with Crippen molar-refractivity contribution in [2.45, 2.75) is 4.84 Å². The second kappa shape index (κ2) is 5.27. The first kappa shape index (κ1) is 10.6. The van der Waals surface area contributed by atoms with Gasteiger partial charge in [0, 0.05) is 0 Å². The molecule has 0 aromatic heterocycles. The molecule has 0 aromatic carbocycles. The Balaban J connectivity index is 4.15. The van der Waals surface area contributed by atoms with E-state index in [9.17, 15) is 4.79 Å². The van der Waals surface area contributed by atoms with E-state index in [0.717, 1.165) is 6.08 Å². The molecule has 0 spiro atoms. The first-order chi connectivity index (χ1) is 5.11. The largest absolute Gasteiger partial charge is 0.469 e. The lowest BCUT2D eigenvalue weighted by molar-refractivity contribution is -0.113. The van der Waals surface area contributed by atoms with Crippen LogP contribution in [0.15, 0.2) is 12.0 Å². The Morgan fingerprint density at radius 3 is 2.09 bits per heavy atom. The third kappa shape index (κ3) is 4.11. The summed E-state index contributed by atoms with van der Waals surface area (Å²) in [5.41, 5.74) is 0. The standard InChI is InChI=1S/C6H8Cl2O3/c1-10-5(11-2)3-4(9)6(7)8/h3,6H,1-2H3. The molecule has 0 atom stereocenters. The van der Waals surface area contributed by atoms with E-state index >= 15 is 0 Å². The number of carbonyl (C=O) groups excluding carboxylic acids is 1. The average Bonchev–Trinajstić information content (AvgIpc) is 1.99. The fourth-order valence-electron chi connectivity index (χ4n) is 0.380. The Bertz CT molecular complexity index is 159. The van der Waals surface area contributed by atoms with Crippen molar-refractivity contribution in [1.82, 2.24) is 0 Å². The van der Waals surface area contributed by atoms with Gasteiger partial charge >= 0.3 is 0 Å². The molecule has 0 aliphatic carbocycles. The number of alkyl halides is 2. The van der Waals surface area contributed by atoms with Crippen molar-refractivity contribution in [3.63, 3.8) is 0 Å². The summed E-state index contributed by atoms with van der Waals surface area (Å²) in [5, 5.41) is 0. The van der Waals surface area contributed by atoms with Gasteiger partial charge in [-0.25, -0.2) is 0 Å². The van der Waals surface area contributed by atoms with E-state index in [1.165, 1.54) is 14.2 Å². The smallest absolute Gasteiger partial charge is 0.282 e. The van der Waals surface area contributed by atoms with E-state index in [1.807, 2.05) is 0 Å². The molecule has 0 N–H and O–H groups in total. The van der Waals surface area contributed by atoms with E-state index in [0.29, 0.717) is 0 Å². The summed E-state index contributed by atoms with van der Waals surface area (Å²) in [4.78, 5) is 9.70. The van der Waals surface area contributed by atoms with Crippen LogP contribution in [0.5, 0.6) is 0 Å². The fraction of sp³-hybridized carbons (Fsp3) is 0.500. The molecule has 0 unspecified atom stereocenters. The number of ketones is 1. The van der Waals surface area contributed by atoms with Gasteiger partial charge in [0.15, 0.2) is 10.6 Å². The van der Waals surface area contributed by atoms with Crippen molar-refractivity contribution in [1.29, 1.82) is 0 Å². The summed E-state index contributed by atoms with van der Waals surface area (Å²) in [5.74, 6) is -0.381. The van der Waals surface area contributed by atoms with E-state index in [4.69, 9.17) is 23.2 Å². The third-order valence-corrected chi connectivity index (χ3v) is 1.31. The first-order valence-electron chi connectivity index (χ1n) is 2.73. The highest BCUT2D eigenvalue weighted by atomic mass is 35.5. The van der Waals surface area contributed by atoms with Gasteiger partial charge in [-0.2, -0.15) is 0 Å². The van der Waals surface area contributed by atoms with Crippen LogP contribution in [0.3, 0.4) is 0 Å². The average molecular weight is 199 g/mol. The summed E-state index contributed by atoms with van der Waals surface area (Å²) in [6.07, 6.45) is 1.09. The lowest BCUT2D eigenvalue weighted by atomic mass is 10.4. The summed E-state index contributed by atoms with van der Waals surface area (Å²) in [7, 11) is 2.75. The number of allylic oxidation sites excluding steroid dienone is 1. The molecule has 11 heavy (non-hydrogen) atoms. The van der Waals surface area contributed by atoms with E-state index < -0.39 is 10.6 Å². The zero-order valence-electron chi connectivity index (χ0n) is 6.14. The molecule has 0 bridgehead atoms. The number of hydrogen-bond acceptors (Lipinski definition) is 3. The number of halogens is 2. The van der Waals surface area contributed by atoms with Gasteiger partial charge < -0.3 is 9.47 Å². The van der Waals surface area contributed by atoms with Crippen LogP contribution >= 0.6 is 23.2 Å². The fourth-order valence-corrected chi connectivity index (χ4v) is 0.506. The Morgan fingerprint density at radius 1 is 1.36 bits per heavy atom. The molecule has 0 saturated carbocycles. The number of carbonyl (C=O) groups is 1. The van der Waals surface area contributed by atoms with Crippen LogP contribution in [0.4, 0.5) is 0 Å². The Kier molecular flexibility index (Phi) is 5.07. The van der Waals surface area contributed by atoms with Crippen LogP contribution in [0.25, 0.3) is 0 Å². The summed E-state index contributed by atoms with van der Waals surface area (Å²) >= 11 is 10.5. The van der Waals surface area contributed by atoms with E-state index in [1.54, 1.807) is 0 Å². The van der Waals surface area contributed by atoms with Crippen LogP contribution in [0, 0.1) is 0 Å². The van der Waals surface area contributed by atoms with Crippen LogP contribution in [0.2, 0.25) is 0 Å². The predicted octanol–water partition coefficient (Wildman–Crippen LogP) is 1.49. The SMILES string of the molecule is COC(=CC(=O)C(Cl)Cl)OC. The van der Waals surface area contributed by atoms with Crippen LogP contribution < -0.4 is 0 Å². The first-order valence-corrected chi connectivity index (χ1v) is 3.60. The van der Waals surface area contributed by atoms with E-state index in [-0.39, 0.29) is 5.95 Å². The van der Waals surface area contributed by atoms with Crippen LogP contribution in [-0.4, -0.2) is 24.8 Å². The minimum absolute atomic E-state index is 0.0845. The monoisotopic (exact) mass is 198 g/mol. The van der Waals surface area contributed by atoms with Crippen molar-refractivity contribution in [3.05, 3.63) is 12.0 Å². The lowest BCUT2D eigenvalue weighted by Crippen LogP contribution is -2.05. The van der Waals surface area contributed by atoms with Crippen molar-refractivity contribution in [2.24, 2.45) is 0 Å². The molecule has 0 amide bonds. The van der Waals surface area contributed by atoms with Gasteiger partial charge in [0.05, 0.1) is 20.3 Å². The van der Waals surface area contributed by atoms with Gasteiger partial charge in [-0.3, -0.25) is 4.79 Å². The van der Waals surface area contributed by atoms with Crippen molar-refractivity contribution < 1.29 is 14.3 Å². The van der Waals surface area contributed by atoms with Gasteiger partial charge in [0.25, 0.3) is 5.95 Å². The lowest BCUT2D eigenvalue weighted by Gasteiger charge is -2.02. The molecule has 0 aliphatic rings. The summed E-state index contributed by atoms with van der Waals surface area (Å²) in [6.45, 7) is 0. The van der Waals surface area contributed by atoms with Crippen LogP contribution in [-0.2, 0) is 14.3 Å². The number of methoxy groups -OCH3 is 2. The molecule has 0 rings (SSSR count). The van der Waals surface area contributed by atoms with Gasteiger partial charge in [-0.1, -0.05) is 23.2 Å². The second-order valence-electron chi connectivity index (χ2n) is 1.57. The molecule has 0 heterocycles. The molecule has 64 valence electrons. The Hall–Kier alpha value is -0.410. The van der Waals surface area contributed by atoms with Crippen molar-refractivity contribution >= 4 is 29.0 Å². The second-order valence-corrected chi connectivity index (χ2v) is 2.67. The minimum Gasteiger partial charge on any atom is -0.469 e. The summed E-state index contributed by atoms with van der Waals surface area (Å²) in [6, 6.07) is 0. The molecular weight excluding hydrogens is 191 g/mol. The third-order valence-electron chi connectivity index (χ3n) is 0.878. The highest BCUT2D eigenvalue weighted by Crippen LogP contribution is 2.06. The molecule has 0 aliphatic heterocycles. The molecular formula is C6H8Cl2O3. The number of ether oxygens (including phenoxy) is 2. The number of rotatable bonds is 4. The summed E-state index contributed by atoms with van der Waals surface area (Å²) < 4.78 is 9.24. The quantitative estimate of drug-likeness (QED) is 0.391. The van der Waals surface area contributed by atoms with Gasteiger partial charge in [-0.05, 0) is 0 Å².